The minimum Gasteiger partial charge on any atom is -0.335 e. The van der Waals surface area contributed by atoms with Gasteiger partial charge in [-0.3, -0.25) is 4.99 Å². The van der Waals surface area contributed by atoms with Gasteiger partial charge in [0.2, 0.25) is 0 Å². The van der Waals surface area contributed by atoms with Crippen LogP contribution < -0.4 is 5.32 Å². The Hall–Kier alpha value is -1.01. The maximum Gasteiger partial charge on any atom is 0.175 e. The van der Waals surface area contributed by atoms with Gasteiger partial charge in [0, 0.05) is 17.7 Å². The van der Waals surface area contributed by atoms with Gasteiger partial charge in [-0.15, -0.1) is 0 Å². The molecule has 0 aromatic heterocycles. The molecule has 6 heteroatoms. The number of hydrogen-bond donors (Lipinski definition) is 1. The molecule has 2 unspecified atom stereocenters. The minimum absolute atomic E-state index is 0.345. The van der Waals surface area contributed by atoms with Crippen molar-refractivity contribution in [3.63, 3.8) is 0 Å². The van der Waals surface area contributed by atoms with Gasteiger partial charge in [-0.2, -0.15) is 0 Å². The van der Waals surface area contributed by atoms with Crippen molar-refractivity contribution < 1.29 is 8.42 Å². The molecule has 0 amide bonds. The van der Waals surface area contributed by atoms with Crippen LogP contribution in [0.1, 0.15) is 19.3 Å². The molecule has 20 heavy (non-hydrogen) atoms. The van der Waals surface area contributed by atoms with Crippen molar-refractivity contribution in [3.8, 4) is 0 Å². The van der Waals surface area contributed by atoms with E-state index in [-0.39, 0.29) is 0 Å². The number of nitrogens with one attached hydrogen (secondary N) is 1. The molecular weight excluding hydrogens is 292 g/mol. The molecular formula is C14H18N2O2S2. The van der Waals surface area contributed by atoms with Gasteiger partial charge >= 0.3 is 0 Å². The van der Waals surface area contributed by atoms with Crippen LogP contribution in [0.15, 0.2) is 34.2 Å². The van der Waals surface area contributed by atoms with Gasteiger partial charge in [0.25, 0.3) is 0 Å². The van der Waals surface area contributed by atoms with Crippen molar-refractivity contribution in [1.29, 1.82) is 0 Å². The normalized spacial score (nSPS) is 25.9. The number of anilines is 1. The van der Waals surface area contributed by atoms with Crippen LogP contribution in [-0.2, 0) is 9.84 Å². The summed E-state index contributed by atoms with van der Waals surface area (Å²) in [5.41, 5.74) is 0.889. The topological polar surface area (TPSA) is 58.5 Å². The van der Waals surface area contributed by atoms with E-state index in [2.05, 4.69) is 5.32 Å². The van der Waals surface area contributed by atoms with Gasteiger partial charge in [-0.25, -0.2) is 8.42 Å². The highest BCUT2D eigenvalue weighted by Gasteiger charge is 2.30. The number of hydrogen-bond acceptors (Lipinski definition) is 5. The lowest BCUT2D eigenvalue weighted by Crippen LogP contribution is -2.25. The molecule has 1 aliphatic heterocycles. The maximum absolute atomic E-state index is 11.4. The Morgan fingerprint density at radius 1 is 1.25 bits per heavy atom. The second kappa shape index (κ2) is 5.41. The van der Waals surface area contributed by atoms with Crippen LogP contribution in [0, 0.1) is 5.92 Å². The van der Waals surface area contributed by atoms with Crippen LogP contribution in [-0.4, -0.2) is 31.6 Å². The first kappa shape index (κ1) is 13.9. The fraction of sp³-hybridized carbons (Fsp3) is 0.500. The molecule has 1 aliphatic carbocycles. The van der Waals surface area contributed by atoms with Crippen LogP contribution in [0.5, 0.6) is 0 Å². The first-order valence-corrected chi connectivity index (χ1v) is 9.68. The quantitative estimate of drug-likeness (QED) is 0.912. The molecule has 0 radical (unpaired) electrons. The van der Waals surface area contributed by atoms with Gasteiger partial charge in [0.1, 0.15) is 0 Å². The second-order valence-corrected chi connectivity index (χ2v) is 8.45. The number of nitrogens with zero attached hydrogens (tertiary/aromatic N) is 1. The Bertz CT molecular complexity index is 623. The van der Waals surface area contributed by atoms with E-state index in [1.165, 1.54) is 25.5 Å². The molecule has 1 heterocycles. The predicted molar refractivity (Wildman–Crippen MR) is 84.2 cm³/mol. The molecule has 1 aromatic carbocycles. The Morgan fingerprint density at radius 2 is 2.00 bits per heavy atom. The summed E-state index contributed by atoms with van der Waals surface area (Å²) in [5.74, 6) is 1.89. The number of aliphatic imine (C=N–C) groups is 1. The van der Waals surface area contributed by atoms with E-state index < -0.39 is 9.84 Å². The highest BCUT2D eigenvalue weighted by molar-refractivity contribution is 8.14. The first-order chi connectivity index (χ1) is 9.52. The number of sulfone groups is 1. The highest BCUT2D eigenvalue weighted by atomic mass is 32.2. The fourth-order valence-corrected chi connectivity index (χ4v) is 4.52. The third kappa shape index (κ3) is 3.01. The van der Waals surface area contributed by atoms with Crippen LogP contribution in [0.3, 0.4) is 0 Å². The SMILES string of the molecule is CS(=O)(=O)c1ccc(NC2=NC3CCCC3CS2)cc1. The summed E-state index contributed by atoms with van der Waals surface area (Å²) in [4.78, 5) is 5.11. The van der Waals surface area contributed by atoms with Crippen molar-refractivity contribution >= 4 is 32.5 Å². The summed E-state index contributed by atoms with van der Waals surface area (Å²) in [6.07, 6.45) is 5.01. The van der Waals surface area contributed by atoms with Gasteiger partial charge in [-0.05, 0) is 43.0 Å². The second-order valence-electron chi connectivity index (χ2n) is 5.43. The summed E-state index contributed by atoms with van der Waals surface area (Å²) in [5, 5.41) is 4.25. The summed E-state index contributed by atoms with van der Waals surface area (Å²) >= 11 is 1.76. The smallest absolute Gasteiger partial charge is 0.175 e. The monoisotopic (exact) mass is 310 g/mol. The maximum atomic E-state index is 11.4. The van der Waals surface area contributed by atoms with Crippen molar-refractivity contribution in [1.82, 2.24) is 0 Å². The molecule has 3 rings (SSSR count). The summed E-state index contributed by atoms with van der Waals surface area (Å²) in [6.45, 7) is 0. The van der Waals surface area contributed by atoms with Gasteiger partial charge in [0.15, 0.2) is 15.0 Å². The standard InChI is InChI=1S/C14H18N2O2S2/c1-20(17,18)12-7-5-11(6-8-12)15-14-16-13-4-2-3-10(13)9-19-14/h5-8,10,13H,2-4,9H2,1H3,(H,15,16). The van der Waals surface area contributed by atoms with Gasteiger partial charge < -0.3 is 5.32 Å². The van der Waals surface area contributed by atoms with Crippen molar-refractivity contribution in [3.05, 3.63) is 24.3 Å². The number of rotatable bonds is 2. The molecule has 4 nitrogen and oxygen atoms in total. The summed E-state index contributed by atoms with van der Waals surface area (Å²) in [7, 11) is -3.13. The molecule has 1 fully saturated rings. The zero-order chi connectivity index (χ0) is 14.2. The third-order valence-corrected chi connectivity index (χ3v) is 6.07. The van der Waals surface area contributed by atoms with E-state index in [1.807, 2.05) is 0 Å². The molecule has 1 N–H and O–H groups in total. The Kier molecular flexibility index (Phi) is 3.77. The molecule has 2 aliphatic rings. The Morgan fingerprint density at radius 3 is 2.70 bits per heavy atom. The number of thioether (sulfide) groups is 1. The van der Waals surface area contributed by atoms with E-state index in [0.717, 1.165) is 22.5 Å². The summed E-state index contributed by atoms with van der Waals surface area (Å²) in [6, 6.07) is 7.32. The molecule has 1 saturated carbocycles. The summed E-state index contributed by atoms with van der Waals surface area (Å²) < 4.78 is 22.8. The van der Waals surface area contributed by atoms with Crippen LogP contribution in [0.25, 0.3) is 0 Å². The first-order valence-electron chi connectivity index (χ1n) is 6.80. The Balaban J connectivity index is 1.72. The minimum atomic E-state index is -3.13. The molecule has 0 spiro atoms. The number of benzene rings is 1. The molecule has 108 valence electrons. The van der Waals surface area contributed by atoms with E-state index in [9.17, 15) is 8.42 Å². The van der Waals surface area contributed by atoms with Crippen LogP contribution >= 0.6 is 11.8 Å². The average Bonchev–Trinajstić information content (AvgIpc) is 2.86. The lowest BCUT2D eigenvalue weighted by Gasteiger charge is -2.23. The molecule has 1 aromatic rings. The lowest BCUT2D eigenvalue weighted by atomic mass is 10.1. The zero-order valence-electron chi connectivity index (χ0n) is 11.4. The average molecular weight is 310 g/mol. The van der Waals surface area contributed by atoms with Gasteiger partial charge in [-0.1, -0.05) is 18.2 Å². The number of amidine groups is 1. The van der Waals surface area contributed by atoms with E-state index in [1.54, 1.807) is 36.0 Å². The number of fused-ring (bicyclic) bond motifs is 1. The van der Waals surface area contributed by atoms with Crippen molar-refractivity contribution in [2.24, 2.45) is 10.9 Å². The predicted octanol–water partition coefficient (Wildman–Crippen LogP) is 2.77. The molecule has 0 bridgehead atoms. The lowest BCUT2D eigenvalue weighted by molar-refractivity contribution is 0.535. The molecule has 0 saturated heterocycles. The van der Waals surface area contributed by atoms with Crippen LogP contribution in [0.4, 0.5) is 5.69 Å². The molecule has 2 atom stereocenters. The van der Waals surface area contributed by atoms with Crippen molar-refractivity contribution in [2.75, 3.05) is 17.3 Å². The fourth-order valence-electron chi connectivity index (χ4n) is 2.73. The van der Waals surface area contributed by atoms with Crippen LogP contribution in [0.2, 0.25) is 0 Å². The highest BCUT2D eigenvalue weighted by Crippen LogP contribution is 2.35. The third-order valence-electron chi connectivity index (χ3n) is 3.87. The zero-order valence-corrected chi connectivity index (χ0v) is 13.0. The van der Waals surface area contributed by atoms with Crippen molar-refractivity contribution in [2.45, 2.75) is 30.2 Å². The van der Waals surface area contributed by atoms with E-state index >= 15 is 0 Å². The van der Waals surface area contributed by atoms with E-state index in [4.69, 9.17) is 4.99 Å². The van der Waals surface area contributed by atoms with E-state index in [0.29, 0.717) is 10.9 Å². The largest absolute Gasteiger partial charge is 0.335 e. The van der Waals surface area contributed by atoms with Gasteiger partial charge in [0.05, 0.1) is 10.9 Å². The Labute approximate surface area is 124 Å².